The van der Waals surface area contributed by atoms with Crippen LogP contribution in [0, 0.1) is 0 Å². The first-order valence-electron chi connectivity index (χ1n) is 10.3. The Balaban J connectivity index is 1.56. The SMILES string of the molecule is CC[C@H](c1nnc(SCc2nc(-c3ccccc3)no2)n1Cc1ccccc1)N(C)C. The summed E-state index contributed by atoms with van der Waals surface area (Å²) in [6, 6.07) is 20.4. The monoisotopic (exact) mass is 434 g/mol. The third-order valence-electron chi connectivity index (χ3n) is 5.06. The number of nitrogens with zero attached hydrogens (tertiary/aromatic N) is 6. The summed E-state index contributed by atoms with van der Waals surface area (Å²) >= 11 is 1.56. The number of benzene rings is 2. The van der Waals surface area contributed by atoms with Crippen molar-refractivity contribution in [3.63, 3.8) is 0 Å². The van der Waals surface area contributed by atoms with Crippen molar-refractivity contribution in [2.75, 3.05) is 14.1 Å². The molecule has 2 heterocycles. The highest BCUT2D eigenvalue weighted by molar-refractivity contribution is 7.98. The molecule has 4 aromatic rings. The molecule has 0 saturated heterocycles. The summed E-state index contributed by atoms with van der Waals surface area (Å²) in [5.41, 5.74) is 2.15. The third-order valence-corrected chi connectivity index (χ3v) is 6.01. The molecule has 0 bridgehead atoms. The van der Waals surface area contributed by atoms with Gasteiger partial charge < -0.3 is 9.09 Å². The predicted molar refractivity (Wildman–Crippen MR) is 122 cm³/mol. The first-order valence-corrected chi connectivity index (χ1v) is 11.3. The van der Waals surface area contributed by atoms with Gasteiger partial charge in [-0.25, -0.2) is 0 Å². The average molecular weight is 435 g/mol. The van der Waals surface area contributed by atoms with Gasteiger partial charge in [-0.1, -0.05) is 84.5 Å². The van der Waals surface area contributed by atoms with Gasteiger partial charge in [-0.3, -0.25) is 4.90 Å². The molecule has 4 rings (SSSR count). The normalized spacial score (nSPS) is 12.4. The fraction of sp³-hybridized carbons (Fsp3) is 0.304. The molecule has 0 N–H and O–H groups in total. The Kier molecular flexibility index (Phi) is 6.79. The summed E-state index contributed by atoms with van der Waals surface area (Å²) in [5.74, 6) is 2.67. The van der Waals surface area contributed by atoms with Crippen LogP contribution < -0.4 is 0 Å². The molecule has 8 heteroatoms. The maximum absolute atomic E-state index is 5.46. The molecule has 7 nitrogen and oxygen atoms in total. The van der Waals surface area contributed by atoms with Crippen molar-refractivity contribution < 1.29 is 4.52 Å². The van der Waals surface area contributed by atoms with Crippen LogP contribution in [0.15, 0.2) is 70.3 Å². The van der Waals surface area contributed by atoms with Crippen LogP contribution in [0.25, 0.3) is 11.4 Å². The molecule has 0 fully saturated rings. The second-order valence-corrected chi connectivity index (χ2v) is 8.41. The molecule has 0 spiro atoms. The minimum Gasteiger partial charge on any atom is -0.338 e. The first kappa shape index (κ1) is 21.3. The minimum atomic E-state index is 0.193. The Morgan fingerprint density at radius 2 is 1.71 bits per heavy atom. The summed E-state index contributed by atoms with van der Waals surface area (Å²) < 4.78 is 7.66. The van der Waals surface area contributed by atoms with Gasteiger partial charge in [0.1, 0.15) is 0 Å². The van der Waals surface area contributed by atoms with E-state index in [1.54, 1.807) is 11.8 Å². The average Bonchev–Trinajstić information content (AvgIpc) is 3.42. The molecule has 160 valence electrons. The first-order chi connectivity index (χ1) is 15.2. The Labute approximate surface area is 186 Å². The molecule has 0 saturated carbocycles. The predicted octanol–water partition coefficient (Wildman–Crippen LogP) is 4.68. The van der Waals surface area contributed by atoms with Gasteiger partial charge in [0.15, 0.2) is 11.0 Å². The molecular weight excluding hydrogens is 408 g/mol. The van der Waals surface area contributed by atoms with Gasteiger partial charge in [0.05, 0.1) is 18.3 Å². The largest absolute Gasteiger partial charge is 0.338 e. The van der Waals surface area contributed by atoms with Crippen LogP contribution in [-0.2, 0) is 12.3 Å². The van der Waals surface area contributed by atoms with Crippen molar-refractivity contribution >= 4 is 11.8 Å². The van der Waals surface area contributed by atoms with Crippen molar-refractivity contribution in [3.05, 3.63) is 77.9 Å². The topological polar surface area (TPSA) is 72.9 Å². The Hall–Kier alpha value is -2.97. The van der Waals surface area contributed by atoms with Gasteiger partial charge in [-0.15, -0.1) is 10.2 Å². The second-order valence-electron chi connectivity index (χ2n) is 7.47. The van der Waals surface area contributed by atoms with E-state index >= 15 is 0 Å². The molecular formula is C23H26N6OS. The van der Waals surface area contributed by atoms with Crippen molar-refractivity contribution in [1.82, 2.24) is 29.8 Å². The number of thioether (sulfide) groups is 1. The molecule has 31 heavy (non-hydrogen) atoms. The van der Waals surface area contributed by atoms with E-state index < -0.39 is 0 Å². The van der Waals surface area contributed by atoms with E-state index in [1.165, 1.54) is 5.56 Å². The number of hydrogen-bond donors (Lipinski definition) is 0. The summed E-state index contributed by atoms with van der Waals surface area (Å²) in [6.45, 7) is 2.89. The molecule has 2 aromatic heterocycles. The lowest BCUT2D eigenvalue weighted by molar-refractivity contribution is 0.272. The summed E-state index contributed by atoms with van der Waals surface area (Å²) in [7, 11) is 4.15. The standard InChI is InChI=1S/C23H26N6OS/c1-4-19(28(2)3)22-25-26-23(29(22)15-17-11-7-5-8-12-17)31-16-20-24-21(27-30-20)18-13-9-6-10-14-18/h5-14,19H,4,15-16H2,1-3H3/t19-/m1/s1. The van der Waals surface area contributed by atoms with Gasteiger partial charge in [-0.2, -0.15) is 4.98 Å². The van der Waals surface area contributed by atoms with Crippen LogP contribution in [0.3, 0.4) is 0 Å². The summed E-state index contributed by atoms with van der Waals surface area (Å²) in [5, 5.41) is 14.0. The third kappa shape index (κ3) is 5.03. The second kappa shape index (κ2) is 9.89. The summed E-state index contributed by atoms with van der Waals surface area (Å²) in [4.78, 5) is 6.72. The van der Waals surface area contributed by atoms with E-state index in [4.69, 9.17) is 4.52 Å². The number of hydrogen-bond acceptors (Lipinski definition) is 7. The maximum Gasteiger partial charge on any atom is 0.237 e. The van der Waals surface area contributed by atoms with E-state index in [0.29, 0.717) is 17.5 Å². The van der Waals surface area contributed by atoms with E-state index in [-0.39, 0.29) is 6.04 Å². The van der Waals surface area contributed by atoms with Gasteiger partial charge in [0.2, 0.25) is 11.7 Å². The Bertz CT molecular complexity index is 1090. The highest BCUT2D eigenvalue weighted by Crippen LogP contribution is 2.28. The number of aromatic nitrogens is 5. The van der Waals surface area contributed by atoms with Gasteiger partial charge in [0.25, 0.3) is 0 Å². The lowest BCUT2D eigenvalue weighted by atomic mass is 10.2. The van der Waals surface area contributed by atoms with E-state index in [2.05, 4.69) is 75.1 Å². The fourth-order valence-corrected chi connectivity index (χ4v) is 4.27. The highest BCUT2D eigenvalue weighted by atomic mass is 32.2. The zero-order valence-corrected chi connectivity index (χ0v) is 18.8. The molecule has 0 aliphatic rings. The van der Waals surface area contributed by atoms with Crippen LogP contribution in [0.4, 0.5) is 0 Å². The fourth-order valence-electron chi connectivity index (χ4n) is 3.49. The van der Waals surface area contributed by atoms with Crippen LogP contribution in [0.5, 0.6) is 0 Å². The van der Waals surface area contributed by atoms with Crippen molar-refractivity contribution in [2.45, 2.75) is 36.8 Å². The lowest BCUT2D eigenvalue weighted by Crippen LogP contribution is -2.23. The van der Waals surface area contributed by atoms with E-state index in [0.717, 1.165) is 29.5 Å². The van der Waals surface area contributed by atoms with Crippen LogP contribution in [-0.4, -0.2) is 43.9 Å². The molecule has 2 aromatic carbocycles. The Morgan fingerprint density at radius 1 is 1.00 bits per heavy atom. The van der Waals surface area contributed by atoms with Gasteiger partial charge in [0, 0.05) is 5.56 Å². The van der Waals surface area contributed by atoms with Crippen molar-refractivity contribution in [2.24, 2.45) is 0 Å². The minimum absolute atomic E-state index is 0.193. The smallest absolute Gasteiger partial charge is 0.237 e. The Morgan fingerprint density at radius 3 is 2.39 bits per heavy atom. The maximum atomic E-state index is 5.46. The van der Waals surface area contributed by atoms with Crippen molar-refractivity contribution in [3.8, 4) is 11.4 Å². The molecule has 0 aliphatic heterocycles. The zero-order chi connectivity index (χ0) is 21.6. The molecule has 0 radical (unpaired) electrons. The van der Waals surface area contributed by atoms with E-state index in [9.17, 15) is 0 Å². The molecule has 0 unspecified atom stereocenters. The summed E-state index contributed by atoms with van der Waals surface area (Å²) in [6.07, 6.45) is 0.953. The lowest BCUT2D eigenvalue weighted by Gasteiger charge is -2.23. The van der Waals surface area contributed by atoms with Crippen LogP contribution in [0.1, 0.15) is 36.7 Å². The highest BCUT2D eigenvalue weighted by Gasteiger charge is 2.22. The van der Waals surface area contributed by atoms with E-state index in [1.807, 2.05) is 36.4 Å². The quantitative estimate of drug-likeness (QED) is 0.354. The molecule has 1 atom stereocenters. The molecule has 0 aliphatic carbocycles. The van der Waals surface area contributed by atoms with Crippen molar-refractivity contribution in [1.29, 1.82) is 0 Å². The molecule has 0 amide bonds. The zero-order valence-electron chi connectivity index (χ0n) is 18.0. The van der Waals surface area contributed by atoms with Gasteiger partial charge >= 0.3 is 0 Å². The number of rotatable bonds is 9. The van der Waals surface area contributed by atoms with Gasteiger partial charge in [-0.05, 0) is 26.1 Å². The van der Waals surface area contributed by atoms with Crippen LogP contribution in [0.2, 0.25) is 0 Å². The van der Waals surface area contributed by atoms with Crippen LogP contribution >= 0.6 is 11.8 Å².